The maximum Gasteiger partial charge on any atom is 0.457 e. The van der Waals surface area contributed by atoms with E-state index in [-0.39, 0.29) is 12.8 Å². The van der Waals surface area contributed by atoms with Crippen molar-refractivity contribution < 1.29 is 35.8 Å². The predicted molar refractivity (Wildman–Crippen MR) is 47.3 cm³/mol. The predicted octanol–water partition coefficient (Wildman–Crippen LogP) is 3.66. The van der Waals surface area contributed by atoms with Crippen LogP contribution in [0, 0.1) is 0 Å². The molecule has 17 heavy (non-hydrogen) atoms. The van der Waals surface area contributed by atoms with Gasteiger partial charge in [0.1, 0.15) is 0 Å². The Balaban J connectivity index is 5.02. The summed E-state index contributed by atoms with van der Waals surface area (Å²) in [6, 6.07) is 0. The number of ether oxygens (including phenoxy) is 2. The molecule has 0 saturated heterocycles. The van der Waals surface area contributed by atoms with Crippen molar-refractivity contribution in [3.8, 4) is 0 Å². The average molecular weight is 268 g/mol. The molecule has 0 aliphatic rings. The standard InChI is InChI=1S/C9H14F6O2/c1-3-5-16-7(10,8(11,12)13)9(14,15)17-6-4-2/h3-6H2,1-2H3. The Morgan fingerprint density at radius 1 is 0.765 bits per heavy atom. The van der Waals surface area contributed by atoms with Gasteiger partial charge < -0.3 is 9.47 Å². The minimum absolute atomic E-state index is 0.0251. The molecule has 0 radical (unpaired) electrons. The lowest BCUT2D eigenvalue weighted by atomic mass is 10.2. The van der Waals surface area contributed by atoms with Gasteiger partial charge in [0.2, 0.25) is 0 Å². The molecule has 0 bridgehead atoms. The first-order valence-electron chi connectivity index (χ1n) is 5.03. The van der Waals surface area contributed by atoms with Crippen molar-refractivity contribution in [1.82, 2.24) is 0 Å². The van der Waals surface area contributed by atoms with Crippen molar-refractivity contribution in [1.29, 1.82) is 0 Å². The van der Waals surface area contributed by atoms with Crippen LogP contribution in [0.3, 0.4) is 0 Å². The topological polar surface area (TPSA) is 18.5 Å². The van der Waals surface area contributed by atoms with Crippen molar-refractivity contribution in [3.05, 3.63) is 0 Å². The van der Waals surface area contributed by atoms with Crippen molar-refractivity contribution >= 4 is 0 Å². The van der Waals surface area contributed by atoms with Gasteiger partial charge in [0.05, 0.1) is 13.2 Å². The zero-order valence-corrected chi connectivity index (χ0v) is 9.41. The fraction of sp³-hybridized carbons (Fsp3) is 1.00. The molecule has 104 valence electrons. The van der Waals surface area contributed by atoms with Gasteiger partial charge in [-0.1, -0.05) is 13.8 Å². The molecule has 0 aromatic rings. The zero-order chi connectivity index (χ0) is 13.7. The monoisotopic (exact) mass is 268 g/mol. The van der Waals surface area contributed by atoms with Gasteiger partial charge >= 0.3 is 18.1 Å². The maximum atomic E-state index is 13.4. The fourth-order valence-electron chi connectivity index (χ4n) is 0.897. The molecule has 0 aromatic heterocycles. The van der Waals surface area contributed by atoms with Crippen LogP contribution < -0.4 is 0 Å². The molecule has 0 aromatic carbocycles. The second-order valence-electron chi connectivity index (χ2n) is 3.31. The molecule has 0 aliphatic heterocycles. The van der Waals surface area contributed by atoms with E-state index in [2.05, 4.69) is 9.47 Å². The summed E-state index contributed by atoms with van der Waals surface area (Å²) in [5.74, 6) is -5.12. The van der Waals surface area contributed by atoms with Gasteiger partial charge in [-0.15, -0.1) is 0 Å². The van der Waals surface area contributed by atoms with Crippen LogP contribution in [0.1, 0.15) is 26.7 Å². The normalized spacial score (nSPS) is 16.9. The van der Waals surface area contributed by atoms with Crippen LogP contribution in [0.2, 0.25) is 0 Å². The fourth-order valence-corrected chi connectivity index (χ4v) is 0.897. The van der Waals surface area contributed by atoms with E-state index in [0.717, 1.165) is 0 Å². The molecule has 0 rings (SSSR count). The van der Waals surface area contributed by atoms with Crippen molar-refractivity contribution in [2.24, 2.45) is 0 Å². The molecule has 0 saturated carbocycles. The summed E-state index contributed by atoms with van der Waals surface area (Å²) in [7, 11) is 0. The highest BCUT2D eigenvalue weighted by atomic mass is 19.4. The molecule has 0 aliphatic carbocycles. The minimum atomic E-state index is -5.88. The lowest BCUT2D eigenvalue weighted by molar-refractivity contribution is -0.458. The van der Waals surface area contributed by atoms with E-state index in [1.54, 1.807) is 0 Å². The van der Waals surface area contributed by atoms with E-state index >= 15 is 0 Å². The highest BCUT2D eigenvalue weighted by Gasteiger charge is 2.74. The van der Waals surface area contributed by atoms with Crippen LogP contribution in [0.15, 0.2) is 0 Å². The van der Waals surface area contributed by atoms with Crippen molar-refractivity contribution in [3.63, 3.8) is 0 Å². The van der Waals surface area contributed by atoms with Crippen LogP contribution >= 0.6 is 0 Å². The Labute approximate surface area is 94.9 Å². The number of rotatable bonds is 7. The van der Waals surface area contributed by atoms with Gasteiger partial charge in [-0.3, -0.25) is 0 Å². The van der Waals surface area contributed by atoms with Gasteiger partial charge in [-0.05, 0) is 12.8 Å². The third-order valence-electron chi connectivity index (χ3n) is 1.73. The summed E-state index contributed by atoms with van der Waals surface area (Å²) < 4.78 is 83.6. The first kappa shape index (κ1) is 16.5. The van der Waals surface area contributed by atoms with Gasteiger partial charge in [0.15, 0.2) is 0 Å². The summed E-state index contributed by atoms with van der Waals surface area (Å²) >= 11 is 0. The van der Waals surface area contributed by atoms with Gasteiger partial charge in [0.25, 0.3) is 0 Å². The molecule has 1 unspecified atom stereocenters. The molecular weight excluding hydrogens is 254 g/mol. The van der Waals surface area contributed by atoms with Gasteiger partial charge in [0, 0.05) is 0 Å². The highest BCUT2D eigenvalue weighted by molar-refractivity contribution is 4.86. The molecule has 1 atom stereocenters. The quantitative estimate of drug-likeness (QED) is 0.656. The Morgan fingerprint density at radius 2 is 1.18 bits per heavy atom. The maximum absolute atomic E-state index is 13.4. The zero-order valence-electron chi connectivity index (χ0n) is 9.41. The van der Waals surface area contributed by atoms with Crippen LogP contribution in [0.25, 0.3) is 0 Å². The third-order valence-corrected chi connectivity index (χ3v) is 1.73. The summed E-state index contributed by atoms with van der Waals surface area (Å²) in [4.78, 5) is 0. The van der Waals surface area contributed by atoms with E-state index in [1.807, 2.05) is 0 Å². The Bertz CT molecular complexity index is 230. The second kappa shape index (κ2) is 5.90. The first-order chi connectivity index (χ1) is 7.62. The molecule has 0 amide bonds. The summed E-state index contributed by atoms with van der Waals surface area (Å²) in [5.41, 5.74) is 0. The Hall–Kier alpha value is -0.500. The van der Waals surface area contributed by atoms with Gasteiger partial charge in [-0.25, -0.2) is 0 Å². The second-order valence-corrected chi connectivity index (χ2v) is 3.31. The Morgan fingerprint density at radius 3 is 1.53 bits per heavy atom. The van der Waals surface area contributed by atoms with E-state index in [4.69, 9.17) is 0 Å². The number of alkyl halides is 6. The SMILES string of the molecule is CCCOC(F)(F)C(F)(OCCC)C(F)(F)F. The number of hydrogen-bond donors (Lipinski definition) is 0. The summed E-state index contributed by atoms with van der Waals surface area (Å²) in [6.45, 7) is 1.27. The number of halogens is 6. The van der Waals surface area contributed by atoms with Gasteiger partial charge in [-0.2, -0.15) is 26.3 Å². The lowest BCUT2D eigenvalue weighted by Gasteiger charge is -2.33. The average Bonchev–Trinajstić information content (AvgIpc) is 2.21. The van der Waals surface area contributed by atoms with Crippen LogP contribution in [-0.4, -0.2) is 31.4 Å². The van der Waals surface area contributed by atoms with E-state index < -0.39 is 31.4 Å². The smallest absolute Gasteiger partial charge is 0.332 e. The number of hydrogen-bond acceptors (Lipinski definition) is 2. The largest absolute Gasteiger partial charge is 0.457 e. The molecular formula is C9H14F6O2. The van der Waals surface area contributed by atoms with Crippen LogP contribution in [0.5, 0.6) is 0 Å². The molecule has 0 heterocycles. The highest BCUT2D eigenvalue weighted by Crippen LogP contribution is 2.46. The minimum Gasteiger partial charge on any atom is -0.332 e. The Kier molecular flexibility index (Phi) is 5.73. The molecule has 0 fully saturated rings. The molecule has 0 spiro atoms. The van der Waals surface area contributed by atoms with E-state index in [1.165, 1.54) is 13.8 Å². The summed E-state index contributed by atoms with van der Waals surface area (Å²) in [5, 5.41) is 0. The third kappa shape index (κ3) is 3.74. The van der Waals surface area contributed by atoms with Crippen LogP contribution in [0.4, 0.5) is 26.3 Å². The molecule has 8 heteroatoms. The molecule has 0 N–H and O–H groups in total. The first-order valence-corrected chi connectivity index (χ1v) is 5.03. The molecule has 2 nitrogen and oxygen atoms in total. The van der Waals surface area contributed by atoms with Crippen molar-refractivity contribution in [2.75, 3.05) is 13.2 Å². The van der Waals surface area contributed by atoms with Crippen LogP contribution in [-0.2, 0) is 9.47 Å². The summed E-state index contributed by atoms with van der Waals surface area (Å²) in [6.07, 6.45) is -11.0. The van der Waals surface area contributed by atoms with E-state index in [0.29, 0.717) is 0 Å². The lowest BCUT2D eigenvalue weighted by Crippen LogP contribution is -2.58. The van der Waals surface area contributed by atoms with E-state index in [9.17, 15) is 26.3 Å². The van der Waals surface area contributed by atoms with Crippen molar-refractivity contribution in [2.45, 2.75) is 44.8 Å².